The van der Waals surface area contributed by atoms with Crippen LogP contribution in [0.1, 0.15) is 31.1 Å². The Morgan fingerprint density at radius 1 is 0.765 bits per heavy atom. The molecule has 2 aliphatic rings. The van der Waals surface area contributed by atoms with Crippen molar-refractivity contribution in [2.75, 3.05) is 0 Å². The van der Waals surface area contributed by atoms with Crippen LogP contribution >= 0.6 is 0 Å². The highest BCUT2D eigenvalue weighted by Gasteiger charge is 2.45. The summed E-state index contributed by atoms with van der Waals surface area (Å²) < 4.78 is 5.95. The molecule has 2 heterocycles. The maximum atomic E-state index is 13.4. The van der Waals surface area contributed by atoms with Crippen LogP contribution in [0, 0.1) is 0 Å². The SMILES string of the molecule is O=C(NC1C=C2C(=O)c3ccccc3OC2N(NC(=O)c2ccccc2)C1=O)c1ccccc1. The largest absolute Gasteiger partial charge is 0.463 e. The molecular weight excluding hydrogens is 434 g/mol. The normalized spacial score (nSPS) is 18.7. The van der Waals surface area contributed by atoms with E-state index in [4.69, 9.17) is 4.74 Å². The molecule has 0 aromatic heterocycles. The molecule has 0 spiro atoms. The van der Waals surface area contributed by atoms with E-state index in [1.807, 2.05) is 0 Å². The summed E-state index contributed by atoms with van der Waals surface area (Å²) in [7, 11) is 0. The summed E-state index contributed by atoms with van der Waals surface area (Å²) in [5.41, 5.74) is 3.70. The van der Waals surface area contributed by atoms with Crippen LogP contribution in [0.25, 0.3) is 0 Å². The molecule has 2 N–H and O–H groups in total. The van der Waals surface area contributed by atoms with Gasteiger partial charge in [-0.05, 0) is 42.5 Å². The van der Waals surface area contributed by atoms with Gasteiger partial charge in [0.25, 0.3) is 17.7 Å². The summed E-state index contributed by atoms with van der Waals surface area (Å²) in [6.45, 7) is 0. The van der Waals surface area contributed by atoms with Crippen molar-refractivity contribution in [3.05, 3.63) is 113 Å². The van der Waals surface area contributed by atoms with Gasteiger partial charge in [-0.25, -0.2) is 5.01 Å². The van der Waals surface area contributed by atoms with Crippen molar-refractivity contribution < 1.29 is 23.9 Å². The van der Waals surface area contributed by atoms with Gasteiger partial charge in [0.05, 0.1) is 11.1 Å². The van der Waals surface area contributed by atoms with E-state index in [1.54, 1.807) is 84.9 Å². The Hall–Kier alpha value is -4.72. The van der Waals surface area contributed by atoms with Crippen LogP contribution in [0.15, 0.2) is 96.6 Å². The average molecular weight is 453 g/mol. The van der Waals surface area contributed by atoms with Gasteiger partial charge in [0.15, 0.2) is 5.78 Å². The van der Waals surface area contributed by atoms with Crippen molar-refractivity contribution in [3.63, 3.8) is 0 Å². The number of para-hydroxylation sites is 1. The highest BCUT2D eigenvalue weighted by Crippen LogP contribution is 2.34. The molecule has 8 nitrogen and oxygen atoms in total. The minimum atomic E-state index is -1.19. The number of ether oxygens (including phenoxy) is 1. The van der Waals surface area contributed by atoms with Crippen molar-refractivity contribution in [2.24, 2.45) is 0 Å². The number of fused-ring (bicyclic) bond motifs is 2. The Bertz CT molecular complexity index is 1320. The lowest BCUT2D eigenvalue weighted by Crippen LogP contribution is -2.64. The standard InChI is InChI=1S/C26H19N3O5/c30-22-18-13-7-8-14-21(18)34-26-19(22)15-20(27-23(31)16-9-3-1-4-10-16)25(33)29(26)28-24(32)17-11-5-2-6-12-17/h1-15,20,26H,(H,27,31)(H,28,32). The smallest absolute Gasteiger partial charge is 0.271 e. The molecule has 2 unspecified atom stereocenters. The molecule has 168 valence electrons. The molecule has 5 rings (SSSR count). The van der Waals surface area contributed by atoms with Crippen molar-refractivity contribution in [2.45, 2.75) is 12.3 Å². The van der Waals surface area contributed by atoms with Gasteiger partial charge < -0.3 is 10.1 Å². The lowest BCUT2D eigenvalue weighted by atomic mass is 9.93. The Labute approximate surface area is 194 Å². The molecule has 3 aromatic rings. The number of hydrogen-bond donors (Lipinski definition) is 2. The number of nitrogens with zero attached hydrogens (tertiary/aromatic N) is 1. The first kappa shape index (κ1) is 21.1. The van der Waals surface area contributed by atoms with Crippen LogP contribution in [0.2, 0.25) is 0 Å². The summed E-state index contributed by atoms with van der Waals surface area (Å²) in [5.74, 6) is -1.74. The zero-order chi connectivity index (χ0) is 23.7. The number of nitrogens with one attached hydrogen (secondary N) is 2. The van der Waals surface area contributed by atoms with E-state index in [1.165, 1.54) is 6.08 Å². The van der Waals surface area contributed by atoms with E-state index in [-0.39, 0.29) is 11.4 Å². The molecule has 2 aliphatic heterocycles. The number of Topliss-reactive ketones (excluding diaryl/α,β-unsaturated/α-hetero) is 1. The Balaban J connectivity index is 1.51. The third-order valence-corrected chi connectivity index (χ3v) is 5.56. The van der Waals surface area contributed by atoms with Gasteiger partial charge >= 0.3 is 0 Å². The van der Waals surface area contributed by atoms with Crippen LogP contribution in [0.5, 0.6) is 5.75 Å². The molecule has 3 amide bonds. The fourth-order valence-electron chi connectivity index (χ4n) is 3.87. The molecule has 34 heavy (non-hydrogen) atoms. The summed E-state index contributed by atoms with van der Waals surface area (Å²) >= 11 is 0. The first-order valence-corrected chi connectivity index (χ1v) is 10.6. The van der Waals surface area contributed by atoms with Crippen molar-refractivity contribution >= 4 is 23.5 Å². The van der Waals surface area contributed by atoms with Gasteiger partial charge in [0.1, 0.15) is 11.8 Å². The molecule has 0 bridgehead atoms. The molecule has 8 heteroatoms. The zero-order valence-corrected chi connectivity index (χ0v) is 17.8. The van der Waals surface area contributed by atoms with Crippen molar-refractivity contribution in [1.82, 2.24) is 15.8 Å². The summed E-state index contributed by atoms with van der Waals surface area (Å²) in [4.78, 5) is 52.2. The summed E-state index contributed by atoms with van der Waals surface area (Å²) in [6.07, 6.45) is 0.213. The second-order valence-electron chi connectivity index (χ2n) is 7.75. The van der Waals surface area contributed by atoms with Crippen LogP contribution in [0.4, 0.5) is 0 Å². The number of carbonyl (C=O) groups is 4. The number of hydrazine groups is 1. The fourth-order valence-corrected chi connectivity index (χ4v) is 3.87. The molecular formula is C26H19N3O5. The molecule has 2 atom stereocenters. The molecule has 0 saturated carbocycles. The Morgan fingerprint density at radius 2 is 1.35 bits per heavy atom. The number of rotatable bonds is 4. The van der Waals surface area contributed by atoms with E-state index >= 15 is 0 Å². The van der Waals surface area contributed by atoms with Gasteiger partial charge in [-0.15, -0.1) is 0 Å². The summed E-state index contributed by atoms with van der Waals surface area (Å²) in [6, 6.07) is 22.2. The molecule has 0 saturated heterocycles. The van der Waals surface area contributed by atoms with Crippen LogP contribution < -0.4 is 15.5 Å². The quantitative estimate of drug-likeness (QED) is 0.632. The zero-order valence-electron chi connectivity index (χ0n) is 17.8. The lowest BCUT2D eigenvalue weighted by Gasteiger charge is -2.40. The lowest BCUT2D eigenvalue weighted by molar-refractivity contribution is -0.144. The van der Waals surface area contributed by atoms with Gasteiger partial charge in [0, 0.05) is 11.1 Å². The molecule has 0 fully saturated rings. The van der Waals surface area contributed by atoms with E-state index in [0.717, 1.165) is 5.01 Å². The number of carbonyl (C=O) groups excluding carboxylic acids is 4. The van der Waals surface area contributed by atoms with Crippen LogP contribution in [0.3, 0.4) is 0 Å². The summed E-state index contributed by atoms with van der Waals surface area (Å²) in [5, 5.41) is 3.61. The van der Waals surface area contributed by atoms with E-state index in [2.05, 4.69) is 10.7 Å². The number of benzene rings is 3. The minimum absolute atomic E-state index is 0.144. The maximum Gasteiger partial charge on any atom is 0.271 e. The highest BCUT2D eigenvalue weighted by molar-refractivity contribution is 6.14. The third-order valence-electron chi connectivity index (χ3n) is 5.56. The van der Waals surface area contributed by atoms with Crippen LogP contribution in [-0.2, 0) is 4.79 Å². The first-order valence-electron chi connectivity index (χ1n) is 10.6. The van der Waals surface area contributed by atoms with Gasteiger partial charge in [0.2, 0.25) is 6.23 Å². The van der Waals surface area contributed by atoms with E-state index in [9.17, 15) is 19.2 Å². The molecule has 0 radical (unpaired) electrons. The average Bonchev–Trinajstić information content (AvgIpc) is 2.88. The molecule has 3 aromatic carbocycles. The predicted molar refractivity (Wildman–Crippen MR) is 122 cm³/mol. The van der Waals surface area contributed by atoms with Gasteiger partial charge in [-0.1, -0.05) is 48.5 Å². The van der Waals surface area contributed by atoms with Gasteiger partial charge in [-0.3, -0.25) is 24.6 Å². The fraction of sp³-hybridized carbons (Fsp3) is 0.0769. The first-order chi connectivity index (χ1) is 16.5. The number of ketones is 1. The van der Waals surface area contributed by atoms with Gasteiger partial charge in [-0.2, -0.15) is 0 Å². The predicted octanol–water partition coefficient (Wildman–Crippen LogP) is 2.50. The van der Waals surface area contributed by atoms with Crippen LogP contribution in [-0.4, -0.2) is 40.8 Å². The number of hydrogen-bond acceptors (Lipinski definition) is 5. The number of amides is 3. The Kier molecular flexibility index (Phi) is 5.39. The highest BCUT2D eigenvalue weighted by atomic mass is 16.5. The van der Waals surface area contributed by atoms with Crippen molar-refractivity contribution in [1.29, 1.82) is 0 Å². The minimum Gasteiger partial charge on any atom is -0.463 e. The second kappa shape index (κ2) is 8.67. The van der Waals surface area contributed by atoms with E-state index in [0.29, 0.717) is 22.4 Å². The topological polar surface area (TPSA) is 105 Å². The second-order valence-corrected chi connectivity index (χ2v) is 7.75. The molecule has 0 aliphatic carbocycles. The van der Waals surface area contributed by atoms with E-state index < -0.39 is 30.0 Å². The third kappa shape index (κ3) is 3.81. The monoisotopic (exact) mass is 453 g/mol. The van der Waals surface area contributed by atoms with Crippen molar-refractivity contribution in [3.8, 4) is 5.75 Å². The Morgan fingerprint density at radius 3 is 2.03 bits per heavy atom. The maximum absolute atomic E-state index is 13.4.